The van der Waals surface area contributed by atoms with Gasteiger partial charge in [-0.1, -0.05) is 30.3 Å². The average molecular weight is 240 g/mol. The van der Waals surface area contributed by atoms with E-state index < -0.39 is 12.1 Å². The van der Waals surface area contributed by atoms with Crippen molar-refractivity contribution in [2.45, 2.75) is 24.7 Å². The van der Waals surface area contributed by atoms with E-state index in [0.717, 1.165) is 11.5 Å². The number of aliphatic hydroxyl groups is 1. The summed E-state index contributed by atoms with van der Waals surface area (Å²) in [5.74, 6) is 0.741. The molecule has 2 N–H and O–H groups in total. The second-order valence-electron chi connectivity index (χ2n) is 3.58. The van der Waals surface area contributed by atoms with Crippen molar-refractivity contribution in [2.75, 3.05) is 5.75 Å². The zero-order valence-corrected chi connectivity index (χ0v) is 9.82. The predicted octanol–water partition coefficient (Wildman–Crippen LogP) is 2.15. The first-order valence-corrected chi connectivity index (χ1v) is 6.35. The minimum absolute atomic E-state index is 0.161. The summed E-state index contributed by atoms with van der Waals surface area (Å²) in [5, 5.41) is 17.8. The molecule has 1 unspecified atom stereocenters. The van der Waals surface area contributed by atoms with Crippen LogP contribution in [0.1, 0.15) is 18.4 Å². The molecule has 4 heteroatoms. The number of thioether (sulfide) groups is 1. The third kappa shape index (κ3) is 5.78. The molecule has 88 valence electrons. The lowest BCUT2D eigenvalue weighted by Gasteiger charge is -2.07. The maximum absolute atomic E-state index is 10.3. The number of carboxylic acid groups (broad SMARTS) is 1. The molecule has 1 aromatic carbocycles. The van der Waals surface area contributed by atoms with Gasteiger partial charge in [-0.25, -0.2) is 0 Å². The van der Waals surface area contributed by atoms with Gasteiger partial charge < -0.3 is 10.2 Å². The standard InChI is InChI=1S/C12H16O3S/c13-11(8-12(14)15)6-7-16-9-10-4-2-1-3-5-10/h1-5,11,13H,6-9H2,(H,14,15). The van der Waals surface area contributed by atoms with Crippen LogP contribution < -0.4 is 0 Å². The van der Waals surface area contributed by atoms with Crippen LogP contribution in [0, 0.1) is 0 Å². The molecule has 0 fully saturated rings. The summed E-state index contributed by atoms with van der Waals surface area (Å²) >= 11 is 1.71. The van der Waals surface area contributed by atoms with Crippen molar-refractivity contribution in [3.05, 3.63) is 35.9 Å². The Hall–Kier alpha value is -1.00. The molecule has 0 aliphatic heterocycles. The van der Waals surface area contributed by atoms with Crippen molar-refractivity contribution in [2.24, 2.45) is 0 Å². The summed E-state index contributed by atoms with van der Waals surface area (Å²) < 4.78 is 0. The van der Waals surface area contributed by atoms with Crippen LogP contribution in [0.3, 0.4) is 0 Å². The van der Waals surface area contributed by atoms with E-state index in [1.165, 1.54) is 5.56 Å². The molecule has 0 spiro atoms. The van der Waals surface area contributed by atoms with E-state index in [2.05, 4.69) is 12.1 Å². The molecule has 0 radical (unpaired) electrons. The number of aliphatic carboxylic acids is 1. The van der Waals surface area contributed by atoms with Crippen molar-refractivity contribution >= 4 is 17.7 Å². The summed E-state index contributed by atoms with van der Waals surface area (Å²) in [5.41, 5.74) is 1.25. The second-order valence-corrected chi connectivity index (χ2v) is 4.68. The molecule has 0 saturated carbocycles. The van der Waals surface area contributed by atoms with Crippen LogP contribution in [0.15, 0.2) is 30.3 Å². The fourth-order valence-corrected chi connectivity index (χ4v) is 2.30. The highest BCUT2D eigenvalue weighted by Crippen LogP contribution is 2.14. The second kappa shape index (κ2) is 7.30. The Kier molecular flexibility index (Phi) is 5.96. The Morgan fingerprint density at radius 3 is 2.62 bits per heavy atom. The van der Waals surface area contributed by atoms with Crippen molar-refractivity contribution in [3.8, 4) is 0 Å². The summed E-state index contributed by atoms with van der Waals surface area (Å²) in [6.45, 7) is 0. The largest absolute Gasteiger partial charge is 0.481 e. The average Bonchev–Trinajstić information content (AvgIpc) is 2.25. The van der Waals surface area contributed by atoms with Gasteiger partial charge >= 0.3 is 5.97 Å². The third-order valence-electron chi connectivity index (χ3n) is 2.12. The highest BCUT2D eigenvalue weighted by Gasteiger charge is 2.08. The van der Waals surface area contributed by atoms with Crippen LogP contribution in [0.2, 0.25) is 0 Å². The van der Waals surface area contributed by atoms with Gasteiger partial charge in [0.2, 0.25) is 0 Å². The van der Waals surface area contributed by atoms with Crippen molar-refractivity contribution in [1.82, 2.24) is 0 Å². The Balaban J connectivity index is 2.10. The Labute approximate surface area is 99.5 Å². The van der Waals surface area contributed by atoms with E-state index in [4.69, 9.17) is 5.11 Å². The highest BCUT2D eigenvalue weighted by molar-refractivity contribution is 7.98. The zero-order chi connectivity index (χ0) is 11.8. The maximum atomic E-state index is 10.3. The summed E-state index contributed by atoms with van der Waals surface area (Å²) in [7, 11) is 0. The highest BCUT2D eigenvalue weighted by atomic mass is 32.2. The minimum Gasteiger partial charge on any atom is -0.481 e. The number of carboxylic acids is 1. The molecule has 1 atom stereocenters. The summed E-state index contributed by atoms with van der Waals surface area (Å²) in [4.78, 5) is 10.3. The van der Waals surface area contributed by atoms with Crippen molar-refractivity contribution in [1.29, 1.82) is 0 Å². The molecule has 0 heterocycles. The SMILES string of the molecule is O=C(O)CC(O)CCSCc1ccccc1. The molecule has 0 amide bonds. The molecule has 1 aromatic rings. The van der Waals surface area contributed by atoms with Crippen LogP contribution in [0.25, 0.3) is 0 Å². The molecule has 3 nitrogen and oxygen atoms in total. The van der Waals surface area contributed by atoms with Crippen molar-refractivity contribution < 1.29 is 15.0 Å². The number of benzene rings is 1. The van der Waals surface area contributed by atoms with Gasteiger partial charge in [-0.05, 0) is 17.7 Å². The van der Waals surface area contributed by atoms with E-state index in [1.807, 2.05) is 18.2 Å². The van der Waals surface area contributed by atoms with E-state index in [0.29, 0.717) is 6.42 Å². The lowest BCUT2D eigenvalue weighted by atomic mass is 10.2. The fourth-order valence-electron chi connectivity index (χ4n) is 1.29. The molecule has 0 aliphatic carbocycles. The molecule has 1 rings (SSSR count). The van der Waals surface area contributed by atoms with Gasteiger partial charge in [0.1, 0.15) is 0 Å². The molecule has 0 bridgehead atoms. The van der Waals surface area contributed by atoms with Gasteiger partial charge in [0.15, 0.2) is 0 Å². The number of hydrogen-bond acceptors (Lipinski definition) is 3. The minimum atomic E-state index is -0.944. The third-order valence-corrected chi connectivity index (χ3v) is 3.18. The molecular formula is C12H16O3S. The smallest absolute Gasteiger partial charge is 0.305 e. The topological polar surface area (TPSA) is 57.5 Å². The van der Waals surface area contributed by atoms with Gasteiger partial charge in [0, 0.05) is 5.75 Å². The van der Waals surface area contributed by atoms with Crippen molar-refractivity contribution in [3.63, 3.8) is 0 Å². The fraction of sp³-hybridized carbons (Fsp3) is 0.417. The molecule has 16 heavy (non-hydrogen) atoms. The Bertz CT molecular complexity index is 313. The Morgan fingerprint density at radius 2 is 2.00 bits per heavy atom. The van der Waals surface area contributed by atoms with Crippen LogP contribution >= 0.6 is 11.8 Å². The van der Waals surface area contributed by atoms with Gasteiger partial charge in [0.05, 0.1) is 12.5 Å². The lowest BCUT2D eigenvalue weighted by Crippen LogP contribution is -2.13. The van der Waals surface area contributed by atoms with Crippen LogP contribution in [-0.2, 0) is 10.5 Å². The number of hydrogen-bond donors (Lipinski definition) is 2. The van der Waals surface area contributed by atoms with Crippen LogP contribution in [-0.4, -0.2) is 28.0 Å². The van der Waals surface area contributed by atoms with Crippen LogP contribution in [0.5, 0.6) is 0 Å². The first kappa shape index (κ1) is 13.1. The first-order valence-electron chi connectivity index (χ1n) is 5.20. The van der Waals surface area contributed by atoms with Crippen LogP contribution in [0.4, 0.5) is 0 Å². The lowest BCUT2D eigenvalue weighted by molar-refractivity contribution is -0.139. The predicted molar refractivity (Wildman–Crippen MR) is 65.5 cm³/mol. The molecule has 0 aromatic heterocycles. The van der Waals surface area contributed by atoms with E-state index in [-0.39, 0.29) is 6.42 Å². The van der Waals surface area contributed by atoms with Gasteiger partial charge in [-0.15, -0.1) is 0 Å². The van der Waals surface area contributed by atoms with E-state index in [9.17, 15) is 9.90 Å². The zero-order valence-electron chi connectivity index (χ0n) is 9.00. The van der Waals surface area contributed by atoms with Gasteiger partial charge in [0.25, 0.3) is 0 Å². The molecular weight excluding hydrogens is 224 g/mol. The number of carbonyl (C=O) groups is 1. The van der Waals surface area contributed by atoms with Gasteiger partial charge in [-0.3, -0.25) is 4.79 Å². The first-order chi connectivity index (χ1) is 7.68. The van der Waals surface area contributed by atoms with E-state index in [1.54, 1.807) is 11.8 Å². The number of rotatable bonds is 7. The quantitative estimate of drug-likeness (QED) is 0.717. The molecule has 0 saturated heterocycles. The number of aliphatic hydroxyl groups excluding tert-OH is 1. The summed E-state index contributed by atoms with van der Waals surface area (Å²) in [6, 6.07) is 10.1. The van der Waals surface area contributed by atoms with Gasteiger partial charge in [-0.2, -0.15) is 11.8 Å². The maximum Gasteiger partial charge on any atom is 0.305 e. The monoisotopic (exact) mass is 240 g/mol. The van der Waals surface area contributed by atoms with E-state index >= 15 is 0 Å². The molecule has 0 aliphatic rings. The summed E-state index contributed by atoms with van der Waals surface area (Å²) in [6.07, 6.45) is -0.351. The Morgan fingerprint density at radius 1 is 1.31 bits per heavy atom. The normalized spacial score (nSPS) is 12.3.